The van der Waals surface area contributed by atoms with E-state index in [1.54, 1.807) is 6.33 Å². The number of anilines is 2. The van der Waals surface area contributed by atoms with Crippen molar-refractivity contribution in [2.45, 2.75) is 0 Å². The Hall–Kier alpha value is -1.32. The summed E-state index contributed by atoms with van der Waals surface area (Å²) in [6.45, 7) is 0. The van der Waals surface area contributed by atoms with Crippen molar-refractivity contribution in [3.05, 3.63) is 12.4 Å². The van der Waals surface area contributed by atoms with Gasteiger partial charge in [0.2, 0.25) is 0 Å². The van der Waals surface area contributed by atoms with E-state index in [0.717, 1.165) is 11.6 Å². The van der Waals surface area contributed by atoms with Crippen molar-refractivity contribution < 1.29 is 0 Å². The molecule has 0 aliphatic rings. The van der Waals surface area contributed by atoms with Gasteiger partial charge in [0.15, 0.2) is 0 Å². The van der Waals surface area contributed by atoms with Gasteiger partial charge in [-0.05, 0) is 0 Å². The number of rotatable bonds is 2. The maximum Gasteiger partial charge on any atom is 0.133 e. The molecule has 0 atom stereocenters. The normalized spacial score (nSPS) is 9.36. The second kappa shape index (κ2) is 3.18. The van der Waals surface area contributed by atoms with Crippen molar-refractivity contribution in [1.29, 1.82) is 0 Å². The number of aromatic nitrogens is 2. The van der Waals surface area contributed by atoms with E-state index in [-0.39, 0.29) is 0 Å². The smallest absolute Gasteiger partial charge is 0.133 e. The van der Waals surface area contributed by atoms with Crippen LogP contribution in [0, 0.1) is 0 Å². The van der Waals surface area contributed by atoms with Gasteiger partial charge in [0.25, 0.3) is 0 Å². The first-order chi connectivity index (χ1) is 5.24. The predicted molar refractivity (Wildman–Crippen MR) is 45.9 cm³/mol. The second-order valence-electron chi connectivity index (χ2n) is 2.41. The highest BCUT2D eigenvalue weighted by Gasteiger charge is 1.96. The molecule has 1 heterocycles. The monoisotopic (exact) mass is 152 g/mol. The van der Waals surface area contributed by atoms with E-state index in [4.69, 9.17) is 0 Å². The molecule has 0 bridgehead atoms. The Morgan fingerprint density at radius 3 is 2.64 bits per heavy atom. The van der Waals surface area contributed by atoms with E-state index >= 15 is 0 Å². The summed E-state index contributed by atoms with van der Waals surface area (Å²) < 4.78 is 0. The van der Waals surface area contributed by atoms with E-state index in [0.29, 0.717) is 0 Å². The van der Waals surface area contributed by atoms with Crippen molar-refractivity contribution in [1.82, 2.24) is 9.97 Å². The van der Waals surface area contributed by atoms with Crippen LogP contribution in [-0.2, 0) is 0 Å². The van der Waals surface area contributed by atoms with E-state index in [9.17, 15) is 0 Å². The maximum absolute atomic E-state index is 4.06. The van der Waals surface area contributed by atoms with Crippen molar-refractivity contribution >= 4 is 11.6 Å². The van der Waals surface area contributed by atoms with E-state index in [2.05, 4.69) is 15.3 Å². The van der Waals surface area contributed by atoms with E-state index in [1.807, 2.05) is 32.1 Å². The van der Waals surface area contributed by atoms with Gasteiger partial charge in [0.05, 0.1) is 0 Å². The fourth-order valence-corrected chi connectivity index (χ4v) is 0.728. The summed E-state index contributed by atoms with van der Waals surface area (Å²) in [6, 6.07) is 1.89. The molecule has 0 aliphatic carbocycles. The van der Waals surface area contributed by atoms with Crippen LogP contribution in [0.3, 0.4) is 0 Å². The average molecular weight is 152 g/mol. The first-order valence-corrected chi connectivity index (χ1v) is 3.41. The summed E-state index contributed by atoms with van der Waals surface area (Å²) in [7, 11) is 5.73. The van der Waals surface area contributed by atoms with Gasteiger partial charge in [-0.15, -0.1) is 0 Å². The molecule has 1 N–H and O–H groups in total. The van der Waals surface area contributed by atoms with Crippen LogP contribution in [-0.4, -0.2) is 31.1 Å². The highest BCUT2D eigenvalue weighted by atomic mass is 15.1. The predicted octanol–water partition coefficient (Wildman–Crippen LogP) is 0.584. The van der Waals surface area contributed by atoms with Gasteiger partial charge in [0, 0.05) is 27.2 Å². The lowest BCUT2D eigenvalue weighted by atomic mass is 10.5. The number of hydrogen-bond acceptors (Lipinski definition) is 4. The Balaban J connectivity index is 2.91. The number of nitrogens with one attached hydrogen (secondary N) is 1. The molecule has 0 unspecified atom stereocenters. The van der Waals surface area contributed by atoms with Crippen LogP contribution in [0.1, 0.15) is 0 Å². The summed E-state index contributed by atoms with van der Waals surface area (Å²) in [4.78, 5) is 9.99. The van der Waals surface area contributed by atoms with Crippen LogP contribution in [0.5, 0.6) is 0 Å². The summed E-state index contributed by atoms with van der Waals surface area (Å²) in [6.07, 6.45) is 1.54. The third-order valence-electron chi connectivity index (χ3n) is 1.37. The van der Waals surface area contributed by atoms with Crippen molar-refractivity contribution in [3.63, 3.8) is 0 Å². The molecule has 0 spiro atoms. The third-order valence-corrected chi connectivity index (χ3v) is 1.37. The third kappa shape index (κ3) is 1.80. The summed E-state index contributed by atoms with van der Waals surface area (Å²) in [5.41, 5.74) is 0. The van der Waals surface area contributed by atoms with Gasteiger partial charge >= 0.3 is 0 Å². The highest BCUT2D eigenvalue weighted by Crippen LogP contribution is 2.09. The zero-order chi connectivity index (χ0) is 8.27. The zero-order valence-corrected chi connectivity index (χ0v) is 7.00. The fraction of sp³-hybridized carbons (Fsp3) is 0.429. The Bertz CT molecular complexity index is 234. The minimum atomic E-state index is 0.837. The van der Waals surface area contributed by atoms with E-state index < -0.39 is 0 Å². The molecule has 1 aromatic rings. The molecule has 0 radical (unpaired) electrons. The number of nitrogens with zero attached hydrogens (tertiary/aromatic N) is 3. The molecular formula is C7H12N4. The molecule has 0 saturated heterocycles. The number of hydrogen-bond donors (Lipinski definition) is 1. The lowest BCUT2D eigenvalue weighted by Crippen LogP contribution is -2.11. The van der Waals surface area contributed by atoms with Gasteiger partial charge in [0.1, 0.15) is 18.0 Å². The Morgan fingerprint density at radius 1 is 1.36 bits per heavy atom. The largest absolute Gasteiger partial charge is 0.373 e. The Labute approximate surface area is 66.3 Å². The lowest BCUT2D eigenvalue weighted by molar-refractivity contribution is 1.04. The molecule has 11 heavy (non-hydrogen) atoms. The van der Waals surface area contributed by atoms with E-state index in [1.165, 1.54) is 0 Å². The highest BCUT2D eigenvalue weighted by molar-refractivity contribution is 5.46. The molecule has 0 saturated carbocycles. The molecular weight excluding hydrogens is 140 g/mol. The average Bonchev–Trinajstić information content (AvgIpc) is 2.05. The standard InChI is InChI=1S/C7H12N4/c1-8-6-4-7(11(2)3)10-5-9-6/h4-5H,1-3H3,(H,8,9,10). The summed E-state index contributed by atoms with van der Waals surface area (Å²) in [5.74, 6) is 1.74. The van der Waals surface area contributed by atoms with Crippen LogP contribution < -0.4 is 10.2 Å². The lowest BCUT2D eigenvalue weighted by Gasteiger charge is -2.10. The van der Waals surface area contributed by atoms with Gasteiger partial charge in [-0.2, -0.15) is 0 Å². The molecule has 0 aliphatic heterocycles. The van der Waals surface area contributed by atoms with Crippen molar-refractivity contribution in [2.75, 3.05) is 31.4 Å². The molecule has 1 aromatic heterocycles. The van der Waals surface area contributed by atoms with Gasteiger partial charge < -0.3 is 10.2 Å². The molecule has 0 aromatic carbocycles. The van der Waals surface area contributed by atoms with Crippen LogP contribution in [0.15, 0.2) is 12.4 Å². The SMILES string of the molecule is CNc1cc(N(C)C)ncn1. The first-order valence-electron chi connectivity index (χ1n) is 3.41. The van der Waals surface area contributed by atoms with Crippen LogP contribution >= 0.6 is 0 Å². The molecule has 0 fully saturated rings. The molecule has 0 amide bonds. The summed E-state index contributed by atoms with van der Waals surface area (Å²) >= 11 is 0. The van der Waals surface area contributed by atoms with Gasteiger partial charge in [-0.25, -0.2) is 9.97 Å². The zero-order valence-electron chi connectivity index (χ0n) is 7.00. The van der Waals surface area contributed by atoms with Gasteiger partial charge in [-0.3, -0.25) is 0 Å². The van der Waals surface area contributed by atoms with Crippen LogP contribution in [0.25, 0.3) is 0 Å². The maximum atomic E-state index is 4.06. The second-order valence-corrected chi connectivity index (χ2v) is 2.41. The van der Waals surface area contributed by atoms with Crippen LogP contribution in [0.2, 0.25) is 0 Å². The Kier molecular flexibility index (Phi) is 2.25. The molecule has 1 rings (SSSR count). The minimum Gasteiger partial charge on any atom is -0.373 e. The molecule has 4 heteroatoms. The van der Waals surface area contributed by atoms with Gasteiger partial charge in [-0.1, -0.05) is 0 Å². The molecule has 4 nitrogen and oxygen atoms in total. The van der Waals surface area contributed by atoms with Crippen LogP contribution in [0.4, 0.5) is 11.6 Å². The Morgan fingerprint density at radius 2 is 2.09 bits per heavy atom. The topological polar surface area (TPSA) is 41.0 Å². The molecule has 60 valence electrons. The summed E-state index contributed by atoms with van der Waals surface area (Å²) in [5, 5.41) is 2.94. The quantitative estimate of drug-likeness (QED) is 0.673. The fourth-order valence-electron chi connectivity index (χ4n) is 0.728. The van der Waals surface area contributed by atoms with Crippen molar-refractivity contribution in [2.24, 2.45) is 0 Å². The van der Waals surface area contributed by atoms with Crippen molar-refractivity contribution in [3.8, 4) is 0 Å². The first kappa shape index (κ1) is 7.78. The minimum absolute atomic E-state index is 0.837.